The fraction of sp³-hybridized carbons (Fsp3) is 0.176. The summed E-state index contributed by atoms with van der Waals surface area (Å²) in [5.41, 5.74) is 2.83. The molecule has 0 radical (unpaired) electrons. The molecule has 112 valence electrons. The maximum Gasteiger partial charge on any atom is 0.309 e. The number of carbonyl (C=O) groups is 1. The number of hydrogen-bond donors (Lipinski definition) is 1. The van der Waals surface area contributed by atoms with E-state index in [0.29, 0.717) is 23.7 Å². The van der Waals surface area contributed by atoms with Gasteiger partial charge in [0.15, 0.2) is 0 Å². The van der Waals surface area contributed by atoms with E-state index in [1.165, 1.54) is 0 Å². The van der Waals surface area contributed by atoms with Crippen molar-refractivity contribution in [1.82, 2.24) is 9.38 Å². The third kappa shape index (κ3) is 2.53. The largest absolute Gasteiger partial charge is 0.493 e. The lowest BCUT2D eigenvalue weighted by Crippen LogP contribution is -2.05. The monoisotopic (exact) mass is 296 g/mol. The number of ether oxygens (including phenoxy) is 1. The fourth-order valence-corrected chi connectivity index (χ4v) is 2.52. The Morgan fingerprint density at radius 1 is 1.23 bits per heavy atom. The van der Waals surface area contributed by atoms with Gasteiger partial charge >= 0.3 is 5.97 Å². The minimum atomic E-state index is -0.888. The maximum atomic E-state index is 11.2. The number of carboxylic acids is 1. The van der Waals surface area contributed by atoms with E-state index in [-0.39, 0.29) is 6.42 Å². The van der Waals surface area contributed by atoms with Gasteiger partial charge < -0.3 is 14.2 Å². The normalized spacial score (nSPS) is 10.8. The number of rotatable bonds is 5. The minimum Gasteiger partial charge on any atom is -0.493 e. The van der Waals surface area contributed by atoms with Crippen LogP contribution in [0.25, 0.3) is 16.9 Å². The van der Waals surface area contributed by atoms with Crippen molar-refractivity contribution in [2.75, 3.05) is 6.61 Å². The molecule has 22 heavy (non-hydrogen) atoms. The highest BCUT2D eigenvalue weighted by atomic mass is 16.5. The predicted octanol–water partition coefficient (Wildman–Crippen LogP) is 3.03. The first-order chi connectivity index (χ1) is 10.7. The Bertz CT molecular complexity index is 824. The Balaban J connectivity index is 2.24. The highest BCUT2D eigenvalue weighted by molar-refractivity contribution is 5.78. The van der Waals surface area contributed by atoms with E-state index in [4.69, 9.17) is 4.74 Å². The summed E-state index contributed by atoms with van der Waals surface area (Å²) in [6.45, 7) is 2.46. The van der Waals surface area contributed by atoms with Crippen molar-refractivity contribution in [3.8, 4) is 17.0 Å². The predicted molar refractivity (Wildman–Crippen MR) is 83.1 cm³/mol. The highest BCUT2D eigenvalue weighted by Gasteiger charge is 2.18. The van der Waals surface area contributed by atoms with Crippen molar-refractivity contribution >= 4 is 11.6 Å². The first-order valence-electron chi connectivity index (χ1n) is 7.10. The quantitative estimate of drug-likeness (QED) is 0.786. The van der Waals surface area contributed by atoms with Crippen LogP contribution in [0.3, 0.4) is 0 Å². The lowest BCUT2D eigenvalue weighted by Gasteiger charge is -2.09. The summed E-state index contributed by atoms with van der Waals surface area (Å²) in [6, 6.07) is 13.2. The molecule has 2 aromatic heterocycles. The number of hydrogen-bond acceptors (Lipinski definition) is 3. The van der Waals surface area contributed by atoms with Crippen LogP contribution >= 0.6 is 0 Å². The maximum absolute atomic E-state index is 11.2. The number of pyridine rings is 1. The molecule has 0 saturated heterocycles. The van der Waals surface area contributed by atoms with Gasteiger partial charge in [-0.15, -0.1) is 0 Å². The van der Waals surface area contributed by atoms with Gasteiger partial charge in [-0.05, 0) is 31.2 Å². The molecule has 0 amide bonds. The molecule has 2 heterocycles. The van der Waals surface area contributed by atoms with Crippen molar-refractivity contribution in [3.05, 3.63) is 54.4 Å². The summed E-state index contributed by atoms with van der Waals surface area (Å²) >= 11 is 0. The van der Waals surface area contributed by atoms with Crippen LogP contribution in [0.4, 0.5) is 0 Å². The van der Waals surface area contributed by atoms with Crippen molar-refractivity contribution in [2.45, 2.75) is 13.3 Å². The van der Waals surface area contributed by atoms with Gasteiger partial charge in [0, 0.05) is 11.8 Å². The van der Waals surface area contributed by atoms with Crippen LogP contribution in [0.15, 0.2) is 48.7 Å². The van der Waals surface area contributed by atoms with E-state index in [9.17, 15) is 9.90 Å². The number of para-hydroxylation sites is 1. The zero-order chi connectivity index (χ0) is 15.5. The van der Waals surface area contributed by atoms with Crippen LogP contribution < -0.4 is 4.74 Å². The summed E-state index contributed by atoms with van der Waals surface area (Å²) in [4.78, 5) is 15.8. The number of aromatic nitrogens is 2. The van der Waals surface area contributed by atoms with Gasteiger partial charge in [-0.1, -0.05) is 18.2 Å². The van der Waals surface area contributed by atoms with Crippen LogP contribution in [0.2, 0.25) is 0 Å². The van der Waals surface area contributed by atoms with Crippen LogP contribution in [-0.4, -0.2) is 27.1 Å². The Morgan fingerprint density at radius 2 is 2.00 bits per heavy atom. The first kappa shape index (κ1) is 14.1. The molecule has 0 bridgehead atoms. The number of nitrogens with zero attached hydrogens (tertiary/aromatic N) is 2. The molecular weight excluding hydrogens is 280 g/mol. The second-order valence-corrected chi connectivity index (χ2v) is 4.84. The van der Waals surface area contributed by atoms with Crippen molar-refractivity contribution in [1.29, 1.82) is 0 Å². The molecule has 0 atom stereocenters. The Hall–Kier alpha value is -2.82. The average molecular weight is 296 g/mol. The number of imidazole rings is 1. The standard InChI is InChI=1S/C17H16N2O3/c1-2-22-14-8-4-3-7-12(14)17-13(11-16(20)21)19-10-6-5-9-15(19)18-17/h3-10H,2,11H2,1H3,(H,20,21). The number of fused-ring (bicyclic) bond motifs is 1. The molecule has 0 aliphatic rings. The third-order valence-electron chi connectivity index (χ3n) is 3.39. The van der Waals surface area contributed by atoms with Gasteiger partial charge in [0.25, 0.3) is 0 Å². The molecule has 5 nitrogen and oxygen atoms in total. The summed E-state index contributed by atoms with van der Waals surface area (Å²) in [5, 5.41) is 9.22. The van der Waals surface area contributed by atoms with Gasteiger partial charge in [0.2, 0.25) is 0 Å². The second kappa shape index (κ2) is 5.89. The Labute approximate surface area is 127 Å². The smallest absolute Gasteiger partial charge is 0.309 e. The molecule has 5 heteroatoms. The lowest BCUT2D eigenvalue weighted by molar-refractivity contribution is -0.136. The number of benzene rings is 1. The molecule has 0 aliphatic carbocycles. The fourth-order valence-electron chi connectivity index (χ4n) is 2.52. The Morgan fingerprint density at radius 3 is 2.77 bits per heavy atom. The molecule has 0 unspecified atom stereocenters. The van der Waals surface area contributed by atoms with Crippen LogP contribution in [0.1, 0.15) is 12.6 Å². The van der Waals surface area contributed by atoms with E-state index < -0.39 is 5.97 Å². The zero-order valence-corrected chi connectivity index (χ0v) is 12.2. The molecule has 0 spiro atoms. The van der Waals surface area contributed by atoms with E-state index in [0.717, 1.165) is 11.2 Å². The summed E-state index contributed by atoms with van der Waals surface area (Å²) < 4.78 is 7.46. The third-order valence-corrected chi connectivity index (χ3v) is 3.39. The molecule has 1 aromatic carbocycles. The molecule has 0 fully saturated rings. The lowest BCUT2D eigenvalue weighted by atomic mass is 10.1. The number of aliphatic carboxylic acids is 1. The van der Waals surface area contributed by atoms with E-state index in [1.54, 1.807) is 0 Å². The Kier molecular flexibility index (Phi) is 3.78. The molecule has 0 saturated carbocycles. The van der Waals surface area contributed by atoms with Crippen molar-refractivity contribution in [3.63, 3.8) is 0 Å². The summed E-state index contributed by atoms with van der Waals surface area (Å²) in [6.07, 6.45) is 1.73. The SMILES string of the molecule is CCOc1ccccc1-c1nc2ccccn2c1CC(=O)O. The topological polar surface area (TPSA) is 63.8 Å². The van der Waals surface area contributed by atoms with Gasteiger partial charge in [-0.2, -0.15) is 0 Å². The van der Waals surface area contributed by atoms with Crippen molar-refractivity contribution < 1.29 is 14.6 Å². The molecule has 1 N–H and O–H groups in total. The van der Waals surface area contributed by atoms with Gasteiger partial charge in [0.05, 0.1) is 24.4 Å². The molecule has 0 aliphatic heterocycles. The van der Waals surface area contributed by atoms with Crippen LogP contribution in [0, 0.1) is 0 Å². The van der Waals surface area contributed by atoms with Gasteiger partial charge in [0.1, 0.15) is 11.4 Å². The zero-order valence-electron chi connectivity index (χ0n) is 12.2. The average Bonchev–Trinajstić information content (AvgIpc) is 2.86. The van der Waals surface area contributed by atoms with Gasteiger partial charge in [-0.25, -0.2) is 4.98 Å². The first-order valence-corrected chi connectivity index (χ1v) is 7.10. The molecule has 3 aromatic rings. The van der Waals surface area contributed by atoms with E-state index in [2.05, 4.69) is 4.98 Å². The van der Waals surface area contributed by atoms with Crippen LogP contribution in [-0.2, 0) is 11.2 Å². The van der Waals surface area contributed by atoms with Crippen LogP contribution in [0.5, 0.6) is 5.75 Å². The van der Waals surface area contributed by atoms with Gasteiger partial charge in [-0.3, -0.25) is 4.79 Å². The second-order valence-electron chi connectivity index (χ2n) is 4.84. The highest BCUT2D eigenvalue weighted by Crippen LogP contribution is 2.32. The minimum absolute atomic E-state index is 0.0963. The van der Waals surface area contributed by atoms with Crippen molar-refractivity contribution in [2.24, 2.45) is 0 Å². The molecular formula is C17H16N2O3. The number of carboxylic acid groups (broad SMARTS) is 1. The summed E-state index contributed by atoms with van der Waals surface area (Å²) in [5.74, 6) is -0.180. The van der Waals surface area contributed by atoms with E-state index >= 15 is 0 Å². The van der Waals surface area contributed by atoms with E-state index in [1.807, 2.05) is 60.0 Å². The summed E-state index contributed by atoms with van der Waals surface area (Å²) in [7, 11) is 0. The molecule has 3 rings (SSSR count).